The van der Waals surface area contributed by atoms with Gasteiger partial charge in [-0.25, -0.2) is 0 Å². The average Bonchev–Trinajstić information content (AvgIpc) is 2.45. The predicted molar refractivity (Wildman–Crippen MR) is 76.9 cm³/mol. The van der Waals surface area contributed by atoms with Gasteiger partial charge in [-0.2, -0.15) is 0 Å². The van der Waals surface area contributed by atoms with Crippen LogP contribution in [0.3, 0.4) is 0 Å². The first-order valence-electron chi connectivity index (χ1n) is 5.83. The monoisotopic (exact) mass is 251 g/mol. The van der Waals surface area contributed by atoms with E-state index in [-0.39, 0.29) is 0 Å². The summed E-state index contributed by atoms with van der Waals surface area (Å²) < 4.78 is 0. The van der Waals surface area contributed by atoms with Crippen molar-refractivity contribution in [3.8, 4) is 5.75 Å². The highest BCUT2D eigenvalue weighted by Crippen LogP contribution is 2.19. The van der Waals surface area contributed by atoms with Crippen LogP contribution in [-0.2, 0) is 0 Å². The lowest BCUT2D eigenvalue weighted by Crippen LogP contribution is -1.84. The maximum absolute atomic E-state index is 5.19. The molecule has 1 aromatic rings. The Labute approximate surface area is 111 Å². The van der Waals surface area contributed by atoms with Gasteiger partial charge in [-0.1, -0.05) is 60.7 Å². The summed E-state index contributed by atoms with van der Waals surface area (Å²) >= 11 is 0. The molecule has 4 heteroatoms. The molecule has 1 aromatic carbocycles. The first kappa shape index (κ1) is 12.7. The number of rotatable bonds is 0. The average molecular weight is 251 g/mol. The van der Waals surface area contributed by atoms with E-state index in [2.05, 4.69) is 15.6 Å². The van der Waals surface area contributed by atoms with Crippen LogP contribution in [0, 0.1) is 0 Å². The van der Waals surface area contributed by atoms with Crippen molar-refractivity contribution in [3.63, 3.8) is 0 Å². The van der Waals surface area contributed by atoms with Gasteiger partial charge < -0.3 is 4.84 Å². The van der Waals surface area contributed by atoms with Gasteiger partial charge in [0.25, 0.3) is 0 Å². The zero-order valence-electron chi connectivity index (χ0n) is 10.3. The predicted octanol–water partition coefficient (Wildman–Crippen LogP) is 4.11. The SMILES string of the molecule is C1=C\C=C/C=N\N=N/Oc2ccccc2/C=C\C=C/1. The molecular formula is C15H13N3O. The van der Waals surface area contributed by atoms with E-state index < -0.39 is 0 Å². The molecule has 1 heterocycles. The molecule has 1 aliphatic heterocycles. The maximum atomic E-state index is 5.19. The standard InChI is InChI=1S/C15H13N3O/c1-2-4-6-10-14-11-7-8-12-15(14)19-18-17-16-13-9-5-3-1/h1-13H/b3-1-,4-2-,9-5-,10-6-,16-13-,18-17-. The third kappa shape index (κ3) is 4.55. The molecule has 1 aliphatic rings. The number of hydrogen-bond donors (Lipinski definition) is 0. The Bertz CT molecular complexity index is 581. The summed E-state index contributed by atoms with van der Waals surface area (Å²) in [6, 6.07) is 7.57. The molecule has 19 heavy (non-hydrogen) atoms. The van der Waals surface area contributed by atoms with Crippen molar-refractivity contribution in [2.24, 2.45) is 15.6 Å². The summed E-state index contributed by atoms with van der Waals surface area (Å²) in [4.78, 5) is 5.19. The summed E-state index contributed by atoms with van der Waals surface area (Å²) in [6.45, 7) is 0. The summed E-state index contributed by atoms with van der Waals surface area (Å²) in [5.74, 6) is 0.632. The lowest BCUT2D eigenvalue weighted by atomic mass is 10.2. The smallest absolute Gasteiger partial charge is 0.167 e. The molecule has 0 spiro atoms. The molecule has 4 nitrogen and oxygen atoms in total. The van der Waals surface area contributed by atoms with Crippen LogP contribution in [-0.4, -0.2) is 6.21 Å². The number of benzene rings is 1. The maximum Gasteiger partial charge on any atom is 0.167 e. The molecule has 0 saturated carbocycles. The normalized spacial score (nSPS) is 24.6. The van der Waals surface area contributed by atoms with Crippen LogP contribution in [0.15, 0.2) is 82.4 Å². The van der Waals surface area contributed by atoms with Crippen molar-refractivity contribution < 1.29 is 4.84 Å². The fourth-order valence-electron chi connectivity index (χ4n) is 1.38. The lowest BCUT2D eigenvalue weighted by molar-refractivity contribution is 0.305. The van der Waals surface area contributed by atoms with Crippen LogP contribution in [0.1, 0.15) is 5.56 Å². The Balaban J connectivity index is 2.26. The van der Waals surface area contributed by atoms with Crippen LogP contribution in [0.4, 0.5) is 0 Å². The van der Waals surface area contributed by atoms with Crippen molar-refractivity contribution in [2.45, 2.75) is 0 Å². The molecule has 2 rings (SSSR count). The first-order valence-corrected chi connectivity index (χ1v) is 5.83. The molecular weight excluding hydrogens is 238 g/mol. The fraction of sp³-hybridized carbons (Fsp3) is 0. The van der Waals surface area contributed by atoms with E-state index in [1.54, 1.807) is 6.08 Å². The van der Waals surface area contributed by atoms with Gasteiger partial charge in [-0.05, 0) is 17.4 Å². The molecule has 94 valence electrons. The summed E-state index contributed by atoms with van der Waals surface area (Å²) in [6.07, 6.45) is 16.7. The Morgan fingerprint density at radius 3 is 2.42 bits per heavy atom. The van der Waals surface area contributed by atoms with Gasteiger partial charge in [-0.3, -0.25) is 0 Å². The molecule has 0 aliphatic carbocycles. The van der Waals surface area contributed by atoms with Crippen LogP contribution < -0.4 is 4.84 Å². The van der Waals surface area contributed by atoms with Crippen LogP contribution in [0.2, 0.25) is 0 Å². The third-order valence-electron chi connectivity index (χ3n) is 2.24. The molecule has 0 saturated heterocycles. The van der Waals surface area contributed by atoms with Crippen molar-refractivity contribution in [3.05, 3.63) is 72.4 Å². The van der Waals surface area contributed by atoms with E-state index in [0.717, 1.165) is 5.56 Å². The Kier molecular flexibility index (Phi) is 5.05. The summed E-state index contributed by atoms with van der Waals surface area (Å²) in [5.41, 5.74) is 0.923. The second-order valence-corrected chi connectivity index (χ2v) is 3.58. The molecule has 0 amide bonds. The third-order valence-corrected chi connectivity index (χ3v) is 2.24. The zero-order chi connectivity index (χ0) is 13.2. The molecule has 0 N–H and O–H groups in total. The van der Waals surface area contributed by atoms with Crippen molar-refractivity contribution in [2.75, 3.05) is 0 Å². The van der Waals surface area contributed by atoms with E-state index in [9.17, 15) is 0 Å². The van der Waals surface area contributed by atoms with E-state index in [1.807, 2.05) is 66.8 Å². The molecule has 0 aromatic heterocycles. The topological polar surface area (TPSA) is 46.3 Å². The number of fused-ring (bicyclic) bond motifs is 1. The molecule has 0 unspecified atom stereocenters. The van der Waals surface area contributed by atoms with Crippen molar-refractivity contribution in [1.82, 2.24) is 0 Å². The molecule has 0 fully saturated rings. The van der Waals surface area contributed by atoms with Crippen molar-refractivity contribution >= 4 is 12.3 Å². The highest BCUT2D eigenvalue weighted by molar-refractivity contribution is 5.71. The minimum Gasteiger partial charge on any atom is -0.337 e. The van der Waals surface area contributed by atoms with E-state index in [1.165, 1.54) is 6.21 Å². The summed E-state index contributed by atoms with van der Waals surface area (Å²) in [5, 5.41) is 10.8. The summed E-state index contributed by atoms with van der Waals surface area (Å²) in [7, 11) is 0. The van der Waals surface area contributed by atoms with Crippen LogP contribution >= 0.6 is 0 Å². The molecule has 0 radical (unpaired) electrons. The van der Waals surface area contributed by atoms with Crippen molar-refractivity contribution in [1.29, 1.82) is 0 Å². The highest BCUT2D eigenvalue weighted by Gasteiger charge is 1.98. The first-order chi connectivity index (χ1) is 9.47. The largest absolute Gasteiger partial charge is 0.337 e. The van der Waals surface area contributed by atoms with E-state index in [0.29, 0.717) is 5.75 Å². The van der Waals surface area contributed by atoms with Crippen LogP contribution in [0.5, 0.6) is 5.75 Å². The minimum atomic E-state index is 0.632. The molecule has 0 atom stereocenters. The zero-order valence-corrected chi connectivity index (χ0v) is 10.3. The van der Waals surface area contributed by atoms with Crippen LogP contribution in [0.25, 0.3) is 6.08 Å². The molecule has 0 bridgehead atoms. The number of allylic oxidation sites excluding steroid dienone is 7. The lowest BCUT2D eigenvalue weighted by Gasteiger charge is -2.00. The fourth-order valence-corrected chi connectivity index (χ4v) is 1.38. The number of nitrogens with zero attached hydrogens (tertiary/aromatic N) is 3. The Hall–Kier alpha value is -2.75. The second kappa shape index (κ2) is 7.55. The highest BCUT2D eigenvalue weighted by atomic mass is 16.6. The van der Waals surface area contributed by atoms with Gasteiger partial charge >= 0.3 is 0 Å². The van der Waals surface area contributed by atoms with Gasteiger partial charge in [-0.15, -0.1) is 5.10 Å². The second-order valence-electron chi connectivity index (χ2n) is 3.58. The van der Waals surface area contributed by atoms with E-state index in [4.69, 9.17) is 4.84 Å². The van der Waals surface area contributed by atoms with Gasteiger partial charge in [0, 0.05) is 5.56 Å². The van der Waals surface area contributed by atoms with Gasteiger partial charge in [0.05, 0.1) is 11.5 Å². The Morgan fingerprint density at radius 1 is 0.789 bits per heavy atom. The number of hydrogen-bond acceptors (Lipinski definition) is 4. The van der Waals surface area contributed by atoms with Gasteiger partial charge in [0.1, 0.15) is 0 Å². The van der Waals surface area contributed by atoms with Gasteiger partial charge in [0.2, 0.25) is 0 Å². The van der Waals surface area contributed by atoms with Gasteiger partial charge in [0.15, 0.2) is 5.75 Å². The number of para-hydroxylation sites is 1. The Morgan fingerprint density at radius 2 is 1.53 bits per heavy atom. The minimum absolute atomic E-state index is 0.632. The van der Waals surface area contributed by atoms with E-state index >= 15 is 0 Å². The quantitative estimate of drug-likeness (QED) is 0.684.